The van der Waals surface area contributed by atoms with Crippen molar-refractivity contribution in [2.24, 2.45) is 11.8 Å². The van der Waals surface area contributed by atoms with Crippen LogP contribution in [0.1, 0.15) is 84.5 Å². The Morgan fingerprint density at radius 3 is 2.43 bits per heavy atom. The lowest BCUT2D eigenvalue weighted by Crippen LogP contribution is -2.54. The van der Waals surface area contributed by atoms with Crippen LogP contribution in [0.2, 0.25) is 0 Å². The van der Waals surface area contributed by atoms with Crippen LogP contribution in [0, 0.1) is 11.8 Å². The first-order valence-corrected chi connectivity index (χ1v) is 11.8. The molecule has 3 atom stereocenters. The first-order chi connectivity index (χ1) is 13.5. The van der Waals surface area contributed by atoms with Gasteiger partial charge in [-0.25, -0.2) is 5.01 Å². The van der Waals surface area contributed by atoms with E-state index in [1.54, 1.807) is 0 Å². The lowest BCUT2D eigenvalue weighted by molar-refractivity contribution is -0.125. The van der Waals surface area contributed by atoms with E-state index in [1.165, 1.54) is 64.2 Å². The minimum atomic E-state index is -0.202. The van der Waals surface area contributed by atoms with E-state index in [4.69, 9.17) is 4.84 Å². The molecule has 2 saturated heterocycles. The molecule has 4 rings (SSSR count). The van der Waals surface area contributed by atoms with Crippen molar-refractivity contribution >= 4 is 5.91 Å². The molecule has 3 N–H and O–H groups in total. The molecule has 0 aromatic heterocycles. The predicted molar refractivity (Wildman–Crippen MR) is 110 cm³/mol. The van der Waals surface area contributed by atoms with E-state index in [1.807, 2.05) is 0 Å². The Labute approximate surface area is 170 Å². The third kappa shape index (κ3) is 4.55. The second kappa shape index (κ2) is 8.99. The molecule has 4 aliphatic rings. The van der Waals surface area contributed by atoms with Crippen molar-refractivity contribution in [3.63, 3.8) is 0 Å². The molecule has 2 aliphatic heterocycles. The third-order valence-corrected chi connectivity index (χ3v) is 7.90. The Morgan fingerprint density at radius 1 is 1.04 bits per heavy atom. The van der Waals surface area contributed by atoms with E-state index in [0.29, 0.717) is 5.92 Å². The van der Waals surface area contributed by atoms with Crippen molar-refractivity contribution in [3.05, 3.63) is 0 Å². The topological polar surface area (TPSA) is 65.6 Å². The zero-order valence-electron chi connectivity index (χ0n) is 17.8. The van der Waals surface area contributed by atoms with Crippen LogP contribution >= 0.6 is 0 Å². The van der Waals surface area contributed by atoms with E-state index >= 15 is 0 Å². The fourth-order valence-corrected chi connectivity index (χ4v) is 5.89. The number of hydrogen-bond acceptors (Lipinski definition) is 5. The van der Waals surface area contributed by atoms with Gasteiger partial charge < -0.3 is 5.32 Å². The maximum Gasteiger partial charge on any atom is 0.239 e. The summed E-state index contributed by atoms with van der Waals surface area (Å²) in [5.74, 6) is 1.46. The fraction of sp³-hybridized carbons (Fsp3) is 0.955. The number of nitrogens with one attached hydrogen (secondary N) is 3. The van der Waals surface area contributed by atoms with Gasteiger partial charge in [0.05, 0.1) is 12.1 Å². The zero-order valence-corrected chi connectivity index (χ0v) is 17.8. The first kappa shape index (κ1) is 20.6. The minimum Gasteiger partial charge on any atom is -0.349 e. The van der Waals surface area contributed by atoms with Crippen LogP contribution in [-0.2, 0) is 9.63 Å². The molecule has 6 nitrogen and oxygen atoms in total. The van der Waals surface area contributed by atoms with Crippen LogP contribution in [0.4, 0.5) is 0 Å². The molecule has 0 radical (unpaired) electrons. The largest absolute Gasteiger partial charge is 0.349 e. The van der Waals surface area contributed by atoms with Crippen LogP contribution in [-0.4, -0.2) is 47.7 Å². The predicted octanol–water partition coefficient (Wildman–Crippen LogP) is 2.89. The van der Waals surface area contributed by atoms with E-state index < -0.39 is 0 Å². The van der Waals surface area contributed by atoms with Crippen LogP contribution in [0.3, 0.4) is 0 Å². The van der Waals surface area contributed by atoms with E-state index in [2.05, 4.69) is 35.1 Å². The number of nitrogens with zero attached hydrogens (tertiary/aromatic N) is 1. The normalized spacial score (nSPS) is 34.0. The maximum atomic E-state index is 12.8. The highest BCUT2D eigenvalue weighted by Gasteiger charge is 2.41. The molecule has 2 heterocycles. The summed E-state index contributed by atoms with van der Waals surface area (Å²) in [6.45, 7) is 6.43. The molecule has 2 aliphatic carbocycles. The van der Waals surface area contributed by atoms with Crippen molar-refractivity contribution in [2.45, 2.75) is 108 Å². The van der Waals surface area contributed by atoms with Crippen molar-refractivity contribution in [2.75, 3.05) is 13.1 Å². The van der Waals surface area contributed by atoms with Crippen LogP contribution in [0.15, 0.2) is 0 Å². The summed E-state index contributed by atoms with van der Waals surface area (Å²) in [6.07, 6.45) is 14.2. The number of hydroxylamine groups is 1. The molecule has 28 heavy (non-hydrogen) atoms. The standard InChI is InChI=1S/C22H40N4O2/c1-22(2,17-11-7-4-8-12-17)26-15-18(14-23-26)24-21(27)19-13-20(28-25-19)16-9-5-3-6-10-16/h16-20,23,25H,3-15H2,1-2H3,(H,24,27). The number of hydrazine groups is 1. The number of carbonyl (C=O) groups is 1. The summed E-state index contributed by atoms with van der Waals surface area (Å²) >= 11 is 0. The van der Waals surface area contributed by atoms with Crippen LogP contribution < -0.4 is 16.2 Å². The van der Waals surface area contributed by atoms with Crippen molar-refractivity contribution in [1.82, 2.24) is 21.2 Å². The highest BCUT2D eigenvalue weighted by atomic mass is 16.7. The number of carbonyl (C=O) groups excluding carboxylic acids is 1. The van der Waals surface area contributed by atoms with Crippen molar-refractivity contribution < 1.29 is 9.63 Å². The first-order valence-electron chi connectivity index (χ1n) is 11.8. The van der Waals surface area contributed by atoms with Gasteiger partial charge in [0.25, 0.3) is 0 Å². The van der Waals surface area contributed by atoms with Gasteiger partial charge in [-0.1, -0.05) is 38.5 Å². The number of hydrogen-bond donors (Lipinski definition) is 3. The molecule has 4 fully saturated rings. The Bertz CT molecular complexity index is 529. The number of amides is 1. The molecular weight excluding hydrogens is 352 g/mol. The van der Waals surface area contributed by atoms with Crippen molar-refractivity contribution in [3.8, 4) is 0 Å². The van der Waals surface area contributed by atoms with Gasteiger partial charge in [-0.05, 0) is 51.4 Å². The van der Waals surface area contributed by atoms with Gasteiger partial charge in [-0.15, -0.1) is 0 Å². The summed E-state index contributed by atoms with van der Waals surface area (Å²) in [6, 6.07) is -0.0294. The molecule has 0 spiro atoms. The second-order valence-electron chi connectivity index (χ2n) is 10.1. The Hall–Kier alpha value is -0.690. The summed E-state index contributed by atoms with van der Waals surface area (Å²) < 4.78 is 0. The fourth-order valence-electron chi connectivity index (χ4n) is 5.89. The monoisotopic (exact) mass is 392 g/mol. The lowest BCUT2D eigenvalue weighted by atomic mass is 9.76. The zero-order chi connectivity index (χ0) is 19.6. The SMILES string of the molecule is CC(C)(C1CCCCC1)N1CC(NC(=O)C2CC(C3CCCCC3)ON2)CN1. The summed E-state index contributed by atoms with van der Waals surface area (Å²) in [5, 5.41) is 5.65. The van der Waals surface area contributed by atoms with Gasteiger partial charge in [0.1, 0.15) is 6.04 Å². The van der Waals surface area contributed by atoms with Gasteiger partial charge >= 0.3 is 0 Å². The quantitative estimate of drug-likeness (QED) is 0.671. The van der Waals surface area contributed by atoms with E-state index in [9.17, 15) is 4.79 Å². The summed E-state index contributed by atoms with van der Waals surface area (Å²) in [4.78, 5) is 18.6. The molecule has 3 unspecified atom stereocenters. The molecule has 160 valence electrons. The highest BCUT2D eigenvalue weighted by Crippen LogP contribution is 2.36. The minimum absolute atomic E-state index is 0.0995. The van der Waals surface area contributed by atoms with E-state index in [-0.39, 0.29) is 29.6 Å². The Morgan fingerprint density at radius 2 is 1.71 bits per heavy atom. The van der Waals surface area contributed by atoms with Crippen LogP contribution in [0.5, 0.6) is 0 Å². The van der Waals surface area contributed by atoms with E-state index in [0.717, 1.165) is 25.4 Å². The van der Waals surface area contributed by atoms with Gasteiger partial charge in [-0.3, -0.25) is 15.1 Å². The summed E-state index contributed by atoms with van der Waals surface area (Å²) in [7, 11) is 0. The smallest absolute Gasteiger partial charge is 0.239 e. The Kier molecular flexibility index (Phi) is 6.60. The molecule has 0 aromatic carbocycles. The molecule has 1 amide bonds. The highest BCUT2D eigenvalue weighted by molar-refractivity contribution is 5.82. The molecular formula is C22H40N4O2. The summed E-state index contributed by atoms with van der Waals surface area (Å²) in [5.41, 5.74) is 6.73. The van der Waals surface area contributed by atoms with Crippen molar-refractivity contribution in [1.29, 1.82) is 0 Å². The Balaban J connectivity index is 1.24. The molecule has 2 saturated carbocycles. The lowest BCUT2D eigenvalue weighted by Gasteiger charge is -2.43. The molecule has 0 bridgehead atoms. The van der Waals surface area contributed by atoms with Gasteiger partial charge in [0, 0.05) is 25.0 Å². The average Bonchev–Trinajstić information content (AvgIpc) is 3.39. The van der Waals surface area contributed by atoms with Gasteiger partial charge in [0.2, 0.25) is 5.91 Å². The average molecular weight is 393 g/mol. The van der Waals surface area contributed by atoms with Gasteiger partial charge in [0.15, 0.2) is 0 Å². The third-order valence-electron chi connectivity index (χ3n) is 7.90. The van der Waals surface area contributed by atoms with Crippen LogP contribution in [0.25, 0.3) is 0 Å². The second-order valence-corrected chi connectivity index (χ2v) is 10.1. The van der Waals surface area contributed by atoms with Gasteiger partial charge in [-0.2, -0.15) is 5.48 Å². The maximum absolute atomic E-state index is 12.8. The number of rotatable bonds is 5. The molecule has 6 heteroatoms. The molecule has 0 aromatic rings.